The number of carbonyl (C=O) groups excluding carboxylic acids is 2. The summed E-state index contributed by atoms with van der Waals surface area (Å²) < 4.78 is 2.38. The summed E-state index contributed by atoms with van der Waals surface area (Å²) in [7, 11) is 0. The fraction of sp³-hybridized carbons (Fsp3) is 0.900. The third-order valence-corrected chi connectivity index (χ3v) is 9.35. The molecule has 2 unspecified atom stereocenters. The zero-order chi connectivity index (χ0) is 20.4. The summed E-state index contributed by atoms with van der Waals surface area (Å²) in [5.74, 6) is 0.753. The molecule has 0 N–H and O–H groups in total. The largest absolute Gasteiger partial charge is 0.331 e. The van der Waals surface area contributed by atoms with Crippen LogP contribution in [0.5, 0.6) is 0 Å². The van der Waals surface area contributed by atoms with E-state index in [0.29, 0.717) is 11.8 Å². The van der Waals surface area contributed by atoms with Crippen molar-refractivity contribution in [1.29, 1.82) is 0 Å². The standard InChI is InChI=1S/C20H36Br2N4O2/c1-17(15-21)19(27)23-3-7-25(8-4-23)11-13-26(14-12-25)9-5-24(6-10-26)20(28)18(2)16-22/h17-18H,3-16H2,1-2H3/q+2. The Labute approximate surface area is 186 Å². The second kappa shape index (κ2) is 9.31. The van der Waals surface area contributed by atoms with Gasteiger partial charge < -0.3 is 18.8 Å². The molecule has 160 valence electrons. The molecular formula is C20H36Br2N4O2+2. The molecule has 2 atom stereocenters. The number of amides is 2. The summed E-state index contributed by atoms with van der Waals surface area (Å²) >= 11 is 6.87. The lowest BCUT2D eigenvalue weighted by molar-refractivity contribution is -1.03. The van der Waals surface area contributed by atoms with Crippen LogP contribution in [-0.4, -0.2) is 120 Å². The highest BCUT2D eigenvalue weighted by Crippen LogP contribution is 2.25. The van der Waals surface area contributed by atoms with Crippen LogP contribution in [0, 0.1) is 11.8 Å². The number of rotatable bonds is 4. The van der Waals surface area contributed by atoms with Crippen LogP contribution < -0.4 is 0 Å². The lowest BCUT2D eigenvalue weighted by Crippen LogP contribution is -2.73. The Balaban J connectivity index is 1.48. The Kier molecular flexibility index (Phi) is 7.48. The van der Waals surface area contributed by atoms with Crippen LogP contribution >= 0.6 is 31.9 Å². The number of quaternary nitrogens is 2. The number of alkyl halides is 2. The molecule has 3 aliphatic heterocycles. The van der Waals surface area contributed by atoms with Gasteiger partial charge in [-0.3, -0.25) is 9.59 Å². The van der Waals surface area contributed by atoms with Crippen LogP contribution in [0.15, 0.2) is 0 Å². The van der Waals surface area contributed by atoms with Crippen molar-refractivity contribution in [3.8, 4) is 0 Å². The fourth-order valence-corrected chi connectivity index (χ4v) is 5.50. The number of nitrogens with zero attached hydrogens (tertiary/aromatic N) is 4. The van der Waals surface area contributed by atoms with Crippen LogP contribution in [0.1, 0.15) is 13.8 Å². The molecule has 28 heavy (non-hydrogen) atoms. The number of halogens is 2. The Morgan fingerprint density at radius 3 is 1.21 bits per heavy atom. The fourth-order valence-electron chi connectivity index (χ4n) is 4.94. The third-order valence-electron chi connectivity index (χ3n) is 7.40. The number of hydrogen-bond acceptors (Lipinski definition) is 2. The highest BCUT2D eigenvalue weighted by atomic mass is 79.9. The number of carbonyl (C=O) groups is 2. The molecule has 3 aliphatic rings. The molecule has 0 bridgehead atoms. The SMILES string of the molecule is CC(CBr)C(=O)N1CC[N+]2(CC1)CC[N+]1(CCN(C(=O)C(C)CBr)CC1)CC2. The first-order chi connectivity index (χ1) is 13.3. The predicted molar refractivity (Wildman–Crippen MR) is 119 cm³/mol. The minimum absolute atomic E-state index is 0.0769. The molecule has 3 heterocycles. The molecule has 2 amide bonds. The van der Waals surface area contributed by atoms with E-state index in [9.17, 15) is 9.59 Å². The first kappa shape index (κ1) is 22.5. The Morgan fingerprint density at radius 1 is 0.679 bits per heavy atom. The van der Waals surface area contributed by atoms with Crippen molar-refractivity contribution in [2.45, 2.75) is 13.8 Å². The maximum atomic E-state index is 12.4. The summed E-state index contributed by atoms with van der Waals surface area (Å²) in [4.78, 5) is 29.0. The van der Waals surface area contributed by atoms with E-state index in [1.807, 2.05) is 13.8 Å². The average Bonchev–Trinajstić information content (AvgIpc) is 2.75. The zero-order valence-corrected chi connectivity index (χ0v) is 20.6. The van der Waals surface area contributed by atoms with Crippen LogP contribution in [-0.2, 0) is 9.59 Å². The second-order valence-electron chi connectivity index (χ2n) is 9.23. The summed E-state index contributed by atoms with van der Waals surface area (Å²) in [5, 5.41) is 1.49. The Bertz CT molecular complexity index is 511. The van der Waals surface area contributed by atoms with E-state index in [2.05, 4.69) is 41.7 Å². The molecule has 2 spiro atoms. The quantitative estimate of drug-likeness (QED) is 0.412. The van der Waals surface area contributed by atoms with Crippen molar-refractivity contribution in [2.24, 2.45) is 11.8 Å². The topological polar surface area (TPSA) is 40.6 Å². The van der Waals surface area contributed by atoms with E-state index >= 15 is 0 Å². The summed E-state index contributed by atoms with van der Waals surface area (Å²) in [5.41, 5.74) is 0. The average molecular weight is 524 g/mol. The molecule has 0 radical (unpaired) electrons. The highest BCUT2D eigenvalue weighted by molar-refractivity contribution is 9.09. The first-order valence-corrected chi connectivity index (χ1v) is 13.0. The molecule has 3 fully saturated rings. The normalized spacial score (nSPS) is 26.3. The maximum Gasteiger partial charge on any atom is 0.226 e. The summed E-state index contributed by atoms with van der Waals surface area (Å²) in [6.45, 7) is 17.0. The van der Waals surface area contributed by atoms with Gasteiger partial charge in [0.05, 0.1) is 52.4 Å². The van der Waals surface area contributed by atoms with Gasteiger partial charge in [0.15, 0.2) is 0 Å². The molecule has 0 aromatic rings. The van der Waals surface area contributed by atoms with Crippen LogP contribution in [0.2, 0.25) is 0 Å². The van der Waals surface area contributed by atoms with Gasteiger partial charge in [-0.1, -0.05) is 45.7 Å². The summed E-state index contributed by atoms with van der Waals surface area (Å²) in [6, 6.07) is 0. The van der Waals surface area contributed by atoms with E-state index in [0.717, 1.165) is 63.0 Å². The van der Waals surface area contributed by atoms with Gasteiger partial charge >= 0.3 is 0 Å². The van der Waals surface area contributed by atoms with Crippen molar-refractivity contribution >= 4 is 43.7 Å². The molecule has 0 aliphatic carbocycles. The van der Waals surface area contributed by atoms with E-state index in [-0.39, 0.29) is 11.8 Å². The molecule has 3 saturated heterocycles. The second-order valence-corrected chi connectivity index (χ2v) is 10.5. The van der Waals surface area contributed by atoms with Gasteiger partial charge in [0.1, 0.15) is 26.2 Å². The molecular weight excluding hydrogens is 488 g/mol. The first-order valence-electron chi connectivity index (χ1n) is 10.7. The smallest absolute Gasteiger partial charge is 0.226 e. The summed E-state index contributed by atoms with van der Waals surface area (Å²) in [6.07, 6.45) is 0. The molecule has 0 saturated carbocycles. The lowest BCUT2D eigenvalue weighted by atomic mass is 10.1. The molecule has 0 aromatic carbocycles. The van der Waals surface area contributed by atoms with Gasteiger partial charge in [0.25, 0.3) is 0 Å². The number of hydrogen-bond donors (Lipinski definition) is 0. The van der Waals surface area contributed by atoms with Gasteiger partial charge in [0, 0.05) is 22.5 Å². The van der Waals surface area contributed by atoms with Crippen LogP contribution in [0.3, 0.4) is 0 Å². The monoisotopic (exact) mass is 522 g/mol. The Hall–Kier alpha value is -0.180. The van der Waals surface area contributed by atoms with Gasteiger partial charge in [-0.05, 0) is 0 Å². The third kappa shape index (κ3) is 4.76. The van der Waals surface area contributed by atoms with E-state index < -0.39 is 0 Å². The van der Waals surface area contributed by atoms with Crippen LogP contribution in [0.4, 0.5) is 0 Å². The van der Waals surface area contributed by atoms with Gasteiger partial charge in [-0.15, -0.1) is 0 Å². The van der Waals surface area contributed by atoms with Crippen molar-refractivity contribution in [2.75, 3.05) is 89.2 Å². The number of piperazine rings is 3. The van der Waals surface area contributed by atoms with Crippen LogP contribution in [0.25, 0.3) is 0 Å². The van der Waals surface area contributed by atoms with E-state index in [4.69, 9.17) is 0 Å². The van der Waals surface area contributed by atoms with Crippen molar-refractivity contribution in [3.05, 3.63) is 0 Å². The minimum Gasteiger partial charge on any atom is -0.331 e. The van der Waals surface area contributed by atoms with Gasteiger partial charge in [0.2, 0.25) is 11.8 Å². The van der Waals surface area contributed by atoms with Crippen molar-refractivity contribution in [1.82, 2.24) is 9.80 Å². The van der Waals surface area contributed by atoms with Crippen molar-refractivity contribution < 1.29 is 18.6 Å². The van der Waals surface area contributed by atoms with Gasteiger partial charge in [-0.25, -0.2) is 0 Å². The maximum absolute atomic E-state index is 12.4. The molecule has 6 nitrogen and oxygen atoms in total. The Morgan fingerprint density at radius 2 is 0.964 bits per heavy atom. The molecule has 3 rings (SSSR count). The minimum atomic E-state index is 0.0769. The molecule has 8 heteroatoms. The predicted octanol–water partition coefficient (Wildman–Crippen LogP) is 1.38. The van der Waals surface area contributed by atoms with Gasteiger partial charge in [-0.2, -0.15) is 0 Å². The van der Waals surface area contributed by atoms with E-state index in [1.54, 1.807) is 0 Å². The highest BCUT2D eigenvalue weighted by Gasteiger charge is 2.46. The molecule has 0 aromatic heterocycles. The zero-order valence-electron chi connectivity index (χ0n) is 17.4. The van der Waals surface area contributed by atoms with Crippen molar-refractivity contribution in [3.63, 3.8) is 0 Å². The van der Waals surface area contributed by atoms with E-state index in [1.165, 1.54) is 35.1 Å². The lowest BCUT2D eigenvalue weighted by Gasteiger charge is -2.54.